The molecule has 4 aromatic rings. The van der Waals surface area contributed by atoms with Crippen LogP contribution >= 0.6 is 0 Å². The Kier molecular flexibility index (Phi) is 31.5. The van der Waals surface area contributed by atoms with Gasteiger partial charge >= 0.3 is 24.2 Å². The first kappa shape index (κ1) is 73.1. The fourth-order valence-corrected chi connectivity index (χ4v) is 8.65. The molecule has 90 heavy (non-hydrogen) atoms. The number of carbonyl (C=O) groups excluding carboxylic acids is 9. The molecule has 0 aliphatic carbocycles. The second-order valence-electron chi connectivity index (χ2n) is 23.1. The molecule has 25 heteroatoms. The van der Waals surface area contributed by atoms with Gasteiger partial charge in [0.25, 0.3) is 0 Å². The minimum atomic E-state index is -1.23. The standard InChI is InChI=1S/C65H91N11O14/c1-8-53(78)67-38-39-70-61(84)76-60(66)69-37-20-28-51(57(81)72-42-44-29-31-48(77)32-30-44)74-58(82)55(46-23-13-10-14-24-46)47-25-19-26-49(41-47)87-40-18-17-35-68-56(80)50(27-15-16-36-71-62(85)88-43-45-21-11-9-12-22-45)73-54(79)34-33-52(59(83)89-64(2,3)4)75-63(86)90-65(5,6)7/h9-14,19,21-26,29-32,41,50-52,55,77H,8,15-18,20,27-28,33-40,42-43H2,1-7H3,(H,67,78)(H,68,80)(H,71,85)(H,72,81)(H,73,79)(H,74,82)(H,75,86)(H4,66,69,70,76,84)/t50-,51+,52-,55?/m0/s1. The Morgan fingerprint density at radius 2 is 1.14 bits per heavy atom. The highest BCUT2D eigenvalue weighted by Crippen LogP contribution is 2.29. The maximum absolute atomic E-state index is 14.6. The normalized spacial score (nSPS) is 12.7. The summed E-state index contributed by atoms with van der Waals surface area (Å²) in [5, 5.41) is 34.6. The first-order valence-electron chi connectivity index (χ1n) is 30.4. The molecule has 0 bridgehead atoms. The molecule has 490 valence electrons. The van der Waals surface area contributed by atoms with Crippen molar-refractivity contribution in [1.82, 2.24) is 47.9 Å². The second-order valence-corrected chi connectivity index (χ2v) is 23.1. The summed E-state index contributed by atoms with van der Waals surface area (Å²) < 4.78 is 22.4. The van der Waals surface area contributed by atoms with E-state index in [1.807, 2.05) is 48.5 Å². The monoisotopic (exact) mass is 1250 g/mol. The number of nitrogens with one attached hydrogen (secondary N) is 9. The zero-order valence-corrected chi connectivity index (χ0v) is 52.7. The van der Waals surface area contributed by atoms with E-state index in [-0.39, 0.29) is 95.8 Å². The van der Waals surface area contributed by atoms with Crippen molar-refractivity contribution in [2.24, 2.45) is 10.7 Å². The van der Waals surface area contributed by atoms with Gasteiger partial charge in [-0.05, 0) is 139 Å². The zero-order chi connectivity index (χ0) is 65.9. The van der Waals surface area contributed by atoms with Crippen molar-refractivity contribution >= 4 is 59.7 Å². The lowest BCUT2D eigenvalue weighted by Gasteiger charge is -2.26. The van der Waals surface area contributed by atoms with Gasteiger partial charge in [0.2, 0.25) is 29.5 Å². The van der Waals surface area contributed by atoms with E-state index in [1.165, 1.54) is 12.1 Å². The Hall–Kier alpha value is -9.42. The van der Waals surface area contributed by atoms with Crippen LogP contribution in [0, 0.1) is 0 Å². The molecule has 9 amide bonds. The maximum atomic E-state index is 14.6. The predicted octanol–water partition coefficient (Wildman–Crippen LogP) is 6.12. The summed E-state index contributed by atoms with van der Waals surface area (Å²) >= 11 is 0. The average molecular weight is 1250 g/mol. The molecule has 12 N–H and O–H groups in total. The molecule has 0 radical (unpaired) electrons. The van der Waals surface area contributed by atoms with Crippen LogP contribution in [-0.2, 0) is 56.1 Å². The number of phenols is 1. The molecule has 0 heterocycles. The molecular weight excluding hydrogens is 1160 g/mol. The molecule has 4 rings (SSSR count). The summed E-state index contributed by atoms with van der Waals surface area (Å²) in [5.41, 5.74) is 6.98. The Labute approximate surface area is 526 Å². The number of hydrogen-bond acceptors (Lipinski definition) is 14. The highest BCUT2D eigenvalue weighted by molar-refractivity contribution is 5.93. The number of guanidine groups is 1. The number of esters is 1. The van der Waals surface area contributed by atoms with Crippen LogP contribution in [-0.4, -0.2) is 133 Å². The third-order valence-corrected chi connectivity index (χ3v) is 13.1. The average Bonchev–Trinajstić information content (AvgIpc) is 1.16. The van der Waals surface area contributed by atoms with Gasteiger partial charge in [0, 0.05) is 52.1 Å². The number of amides is 9. The van der Waals surface area contributed by atoms with Gasteiger partial charge in [-0.1, -0.05) is 91.9 Å². The van der Waals surface area contributed by atoms with Crippen molar-refractivity contribution in [3.63, 3.8) is 0 Å². The lowest BCUT2D eigenvalue weighted by atomic mass is 9.90. The quantitative estimate of drug-likeness (QED) is 0.00813. The smallest absolute Gasteiger partial charge is 0.408 e. The molecule has 0 aromatic heterocycles. The van der Waals surface area contributed by atoms with Crippen LogP contribution in [0.1, 0.15) is 141 Å². The van der Waals surface area contributed by atoms with Crippen LogP contribution < -0.4 is 58.3 Å². The van der Waals surface area contributed by atoms with Crippen molar-refractivity contribution in [2.45, 2.75) is 161 Å². The van der Waals surface area contributed by atoms with Crippen molar-refractivity contribution in [1.29, 1.82) is 0 Å². The van der Waals surface area contributed by atoms with Crippen molar-refractivity contribution in [3.8, 4) is 11.5 Å². The molecule has 0 saturated heterocycles. The summed E-state index contributed by atoms with van der Waals surface area (Å²) in [6, 6.07) is 27.7. The topological polar surface area (TPSA) is 357 Å². The number of nitrogens with two attached hydrogens (primary N) is 1. The Morgan fingerprint density at radius 1 is 0.533 bits per heavy atom. The lowest BCUT2D eigenvalue weighted by molar-refractivity contribution is -0.157. The number of benzene rings is 4. The molecule has 0 spiro atoms. The third kappa shape index (κ3) is 30.5. The van der Waals surface area contributed by atoms with E-state index in [0.717, 1.165) is 5.56 Å². The zero-order valence-electron chi connectivity index (χ0n) is 52.7. The number of unbranched alkanes of at least 4 members (excludes halogenated alkanes) is 2. The van der Waals surface area contributed by atoms with Crippen molar-refractivity contribution in [3.05, 3.63) is 131 Å². The van der Waals surface area contributed by atoms with Crippen LogP contribution in [0.25, 0.3) is 0 Å². The number of aromatic hydroxyl groups is 1. The summed E-state index contributed by atoms with van der Waals surface area (Å²) in [7, 11) is 0. The number of ether oxygens (including phenoxy) is 4. The number of urea groups is 1. The predicted molar refractivity (Wildman–Crippen MR) is 339 cm³/mol. The fourth-order valence-electron chi connectivity index (χ4n) is 8.65. The first-order valence-corrected chi connectivity index (χ1v) is 30.4. The fraction of sp³-hybridized carbons (Fsp3) is 0.477. The van der Waals surface area contributed by atoms with E-state index in [2.05, 4.69) is 52.8 Å². The first-order chi connectivity index (χ1) is 42.9. The number of alkyl carbamates (subject to hydrolysis) is 2. The SMILES string of the molecule is CCC(=O)NCCNC(=O)/N=C(/N)NCCC[C@@H](NC(=O)C(c1ccccc1)c1cccc(OCCCCNC(=O)[C@H](CCCCNC(=O)OCc2ccccc2)NC(=O)CC[C@H](NC(=O)OC(C)(C)C)C(=O)OC(C)(C)C)c1)C(=O)NCc1ccc(O)cc1. The Bertz CT molecular complexity index is 2950. The molecule has 0 aliphatic heterocycles. The lowest BCUT2D eigenvalue weighted by Crippen LogP contribution is -2.48. The number of carbonyl (C=O) groups is 9. The molecule has 0 fully saturated rings. The maximum Gasteiger partial charge on any atom is 0.408 e. The molecular formula is C65H91N11O14. The molecule has 4 atom stereocenters. The van der Waals surface area contributed by atoms with Gasteiger partial charge in [0.05, 0.1) is 12.5 Å². The van der Waals surface area contributed by atoms with E-state index in [0.29, 0.717) is 61.0 Å². The third-order valence-electron chi connectivity index (χ3n) is 13.1. The van der Waals surface area contributed by atoms with Crippen LogP contribution in [0.4, 0.5) is 14.4 Å². The summed E-state index contributed by atoms with van der Waals surface area (Å²) in [6.07, 6.45) is 0.960. The highest BCUT2D eigenvalue weighted by Gasteiger charge is 2.31. The van der Waals surface area contributed by atoms with E-state index in [4.69, 9.17) is 24.7 Å². The number of phenolic OH excluding ortho intramolecular Hbond substituents is 1. The van der Waals surface area contributed by atoms with E-state index in [1.54, 1.807) is 97.0 Å². The van der Waals surface area contributed by atoms with Crippen LogP contribution in [0.15, 0.2) is 114 Å². The Morgan fingerprint density at radius 3 is 1.83 bits per heavy atom. The van der Waals surface area contributed by atoms with Gasteiger partial charge in [0.15, 0.2) is 5.96 Å². The van der Waals surface area contributed by atoms with E-state index in [9.17, 15) is 48.3 Å². The molecule has 0 aliphatic rings. The Balaban J connectivity index is 1.38. The molecule has 0 saturated carbocycles. The second kappa shape index (κ2) is 38.8. The van der Waals surface area contributed by atoms with Crippen molar-refractivity contribution < 1.29 is 67.2 Å². The molecule has 4 aromatic carbocycles. The summed E-state index contributed by atoms with van der Waals surface area (Å²) in [4.78, 5) is 122. The van der Waals surface area contributed by atoms with Gasteiger partial charge in [-0.3, -0.25) is 24.0 Å². The summed E-state index contributed by atoms with van der Waals surface area (Å²) in [6.45, 7) is 13.2. The van der Waals surface area contributed by atoms with Crippen LogP contribution in [0.2, 0.25) is 0 Å². The van der Waals surface area contributed by atoms with Gasteiger partial charge in [-0.25, -0.2) is 19.2 Å². The number of nitrogens with zero attached hydrogens (tertiary/aromatic N) is 1. The van der Waals surface area contributed by atoms with Gasteiger partial charge < -0.3 is 77.6 Å². The minimum Gasteiger partial charge on any atom is -0.508 e. The van der Waals surface area contributed by atoms with Crippen LogP contribution in [0.5, 0.6) is 11.5 Å². The van der Waals surface area contributed by atoms with Gasteiger partial charge in [-0.2, -0.15) is 4.99 Å². The number of hydrogen-bond donors (Lipinski definition) is 11. The highest BCUT2D eigenvalue weighted by atomic mass is 16.6. The molecule has 25 nitrogen and oxygen atoms in total. The van der Waals surface area contributed by atoms with Gasteiger partial charge in [-0.15, -0.1) is 0 Å². The largest absolute Gasteiger partial charge is 0.508 e. The minimum absolute atomic E-state index is 0.0672. The van der Waals surface area contributed by atoms with E-state index >= 15 is 0 Å². The van der Waals surface area contributed by atoms with E-state index < -0.39 is 83.1 Å². The summed E-state index contributed by atoms with van der Waals surface area (Å²) in [5.74, 6) is -3.38. The van der Waals surface area contributed by atoms with Gasteiger partial charge in [0.1, 0.15) is 47.4 Å². The number of aliphatic imine (C=N–C) groups is 1. The van der Waals surface area contributed by atoms with Crippen LogP contribution in [0.3, 0.4) is 0 Å². The number of rotatable bonds is 35. The van der Waals surface area contributed by atoms with Crippen molar-refractivity contribution in [2.75, 3.05) is 39.3 Å². The molecule has 1 unspecified atom stereocenters.